The third-order valence-corrected chi connectivity index (χ3v) is 7.12. The number of morpholine rings is 1. The molecular weight excluding hydrogens is 473 g/mol. The molecule has 0 bridgehead atoms. The van der Waals surface area contributed by atoms with Gasteiger partial charge in [-0.05, 0) is 34.9 Å². The van der Waals surface area contributed by atoms with Crippen molar-refractivity contribution in [1.82, 2.24) is 9.88 Å². The van der Waals surface area contributed by atoms with Gasteiger partial charge in [0.25, 0.3) is 0 Å². The summed E-state index contributed by atoms with van der Waals surface area (Å²) in [7, 11) is 0. The van der Waals surface area contributed by atoms with Crippen LogP contribution in [0.3, 0.4) is 0 Å². The first-order chi connectivity index (χ1) is 16.2. The molecule has 0 saturated carbocycles. The molecule has 8 heteroatoms. The van der Waals surface area contributed by atoms with E-state index < -0.39 is 0 Å². The van der Waals surface area contributed by atoms with Crippen LogP contribution in [0.4, 0.5) is 9.52 Å². The van der Waals surface area contributed by atoms with Crippen molar-refractivity contribution in [1.29, 1.82) is 0 Å². The number of fused-ring (bicyclic) bond motifs is 2. The number of aromatic nitrogens is 1. The normalized spacial score (nSPS) is 14.3. The number of hydrogen-bond acceptors (Lipinski definition) is 5. The summed E-state index contributed by atoms with van der Waals surface area (Å²) in [4.78, 5) is 22.2. The second kappa shape index (κ2) is 11.2. The molecule has 1 aliphatic rings. The summed E-state index contributed by atoms with van der Waals surface area (Å²) in [5.41, 5.74) is 1.32. The number of anilines is 1. The zero-order chi connectivity index (χ0) is 22.6. The Kier molecular flexibility index (Phi) is 8.11. The maximum atomic E-state index is 14.3. The van der Waals surface area contributed by atoms with E-state index in [1.165, 1.54) is 17.4 Å². The quantitative estimate of drug-likeness (QED) is 0.346. The number of benzene rings is 3. The highest BCUT2D eigenvalue weighted by Crippen LogP contribution is 2.31. The van der Waals surface area contributed by atoms with Crippen LogP contribution in [0.1, 0.15) is 12.0 Å². The lowest BCUT2D eigenvalue weighted by atomic mass is 10.0. The smallest absolute Gasteiger partial charge is 0.233 e. The van der Waals surface area contributed by atoms with Crippen LogP contribution >= 0.6 is 23.7 Å². The molecule has 1 fully saturated rings. The molecule has 0 atom stereocenters. The van der Waals surface area contributed by atoms with Gasteiger partial charge in [-0.15, -0.1) is 12.4 Å². The van der Waals surface area contributed by atoms with Crippen LogP contribution in [0.25, 0.3) is 21.0 Å². The van der Waals surface area contributed by atoms with E-state index in [-0.39, 0.29) is 30.6 Å². The second-order valence-corrected chi connectivity index (χ2v) is 9.26. The lowest BCUT2D eigenvalue weighted by Crippen LogP contribution is -2.39. The Morgan fingerprint density at radius 3 is 2.65 bits per heavy atom. The molecule has 0 N–H and O–H groups in total. The summed E-state index contributed by atoms with van der Waals surface area (Å²) in [6.45, 7) is 4.76. The molecule has 2 heterocycles. The monoisotopic (exact) mass is 499 g/mol. The summed E-state index contributed by atoms with van der Waals surface area (Å²) >= 11 is 1.37. The molecule has 1 aromatic heterocycles. The highest BCUT2D eigenvalue weighted by molar-refractivity contribution is 7.22. The second-order valence-electron chi connectivity index (χ2n) is 8.25. The van der Waals surface area contributed by atoms with Crippen LogP contribution in [0, 0.1) is 5.82 Å². The lowest BCUT2D eigenvalue weighted by Gasteiger charge is -2.27. The third kappa shape index (κ3) is 5.39. The summed E-state index contributed by atoms with van der Waals surface area (Å²) in [6.07, 6.45) is 1.09. The predicted molar refractivity (Wildman–Crippen MR) is 139 cm³/mol. The van der Waals surface area contributed by atoms with E-state index >= 15 is 0 Å². The Bertz CT molecular complexity index is 1270. The van der Waals surface area contributed by atoms with Crippen molar-refractivity contribution in [3.05, 3.63) is 72.0 Å². The standard InChI is InChI=1S/C26H26FN3O2S.ClH/c27-22-10-4-11-23-25(22)28-26(33-23)30(13-5-12-29-14-16-32-17-15-29)24(31)18-20-8-3-7-19-6-1-2-9-21(19)20;/h1-4,6-11H,5,12-18H2;1H. The minimum Gasteiger partial charge on any atom is -0.379 e. The molecule has 3 aromatic carbocycles. The lowest BCUT2D eigenvalue weighted by molar-refractivity contribution is -0.118. The van der Waals surface area contributed by atoms with Gasteiger partial charge in [-0.25, -0.2) is 9.37 Å². The summed E-state index contributed by atoms with van der Waals surface area (Å²) in [5.74, 6) is -0.377. The van der Waals surface area contributed by atoms with Crippen molar-refractivity contribution in [2.45, 2.75) is 12.8 Å². The summed E-state index contributed by atoms with van der Waals surface area (Å²) < 4.78 is 20.5. The molecular formula is C26H27ClFN3O2S. The van der Waals surface area contributed by atoms with E-state index in [1.54, 1.807) is 11.0 Å². The number of amides is 1. The number of rotatable bonds is 7. The van der Waals surface area contributed by atoms with Crippen LogP contribution in [0.15, 0.2) is 60.7 Å². The summed E-state index contributed by atoms with van der Waals surface area (Å²) in [5, 5.41) is 2.75. The van der Waals surface area contributed by atoms with Crippen molar-refractivity contribution >= 4 is 55.8 Å². The van der Waals surface area contributed by atoms with E-state index in [9.17, 15) is 9.18 Å². The van der Waals surface area contributed by atoms with Crippen LogP contribution in [0.5, 0.6) is 0 Å². The van der Waals surface area contributed by atoms with Gasteiger partial charge in [-0.3, -0.25) is 14.6 Å². The Morgan fingerprint density at radius 1 is 1.06 bits per heavy atom. The SMILES string of the molecule is Cl.O=C(Cc1cccc2ccccc12)N(CCCN1CCOCC1)c1nc2c(F)cccc2s1. The maximum absolute atomic E-state index is 14.3. The number of halogens is 2. The average molecular weight is 500 g/mol. The Morgan fingerprint density at radius 2 is 1.82 bits per heavy atom. The summed E-state index contributed by atoms with van der Waals surface area (Å²) in [6, 6.07) is 19.1. The van der Waals surface area contributed by atoms with Crippen molar-refractivity contribution < 1.29 is 13.9 Å². The fourth-order valence-electron chi connectivity index (χ4n) is 4.33. The molecule has 1 saturated heterocycles. The first kappa shape index (κ1) is 24.5. The van der Waals surface area contributed by atoms with Crippen LogP contribution in [-0.2, 0) is 16.0 Å². The minimum atomic E-state index is -0.357. The number of thiazole rings is 1. The van der Waals surface area contributed by atoms with Gasteiger partial charge in [-0.1, -0.05) is 59.9 Å². The van der Waals surface area contributed by atoms with E-state index in [0.29, 0.717) is 17.2 Å². The molecule has 0 unspecified atom stereocenters. The van der Waals surface area contributed by atoms with Crippen molar-refractivity contribution in [3.63, 3.8) is 0 Å². The number of carbonyl (C=O) groups excluding carboxylic acids is 1. The fraction of sp³-hybridized carbons (Fsp3) is 0.308. The van der Waals surface area contributed by atoms with Gasteiger partial charge in [0, 0.05) is 26.2 Å². The molecule has 5 rings (SSSR count). The maximum Gasteiger partial charge on any atom is 0.233 e. The Balaban J connectivity index is 0.00000274. The number of hydrogen-bond donors (Lipinski definition) is 0. The Labute approximate surface area is 208 Å². The van der Waals surface area contributed by atoms with E-state index in [4.69, 9.17) is 4.74 Å². The largest absolute Gasteiger partial charge is 0.379 e. The van der Waals surface area contributed by atoms with Crippen molar-refractivity contribution in [2.75, 3.05) is 44.3 Å². The average Bonchev–Trinajstić information content (AvgIpc) is 3.28. The van der Waals surface area contributed by atoms with Gasteiger partial charge in [0.15, 0.2) is 5.13 Å². The fourth-order valence-corrected chi connectivity index (χ4v) is 5.35. The van der Waals surface area contributed by atoms with Crippen molar-refractivity contribution in [3.8, 4) is 0 Å². The molecule has 1 amide bonds. The van der Waals surface area contributed by atoms with Crippen molar-refractivity contribution in [2.24, 2.45) is 0 Å². The third-order valence-electron chi connectivity index (χ3n) is 6.07. The number of ether oxygens (including phenoxy) is 1. The predicted octanol–water partition coefficient (Wildman–Crippen LogP) is 5.31. The minimum absolute atomic E-state index is 0. The highest BCUT2D eigenvalue weighted by atomic mass is 35.5. The molecule has 0 spiro atoms. The highest BCUT2D eigenvalue weighted by Gasteiger charge is 2.22. The van der Waals surface area contributed by atoms with E-state index in [0.717, 1.165) is 60.3 Å². The van der Waals surface area contributed by atoms with Gasteiger partial charge in [-0.2, -0.15) is 0 Å². The molecule has 34 heavy (non-hydrogen) atoms. The first-order valence-electron chi connectivity index (χ1n) is 11.3. The van der Waals surface area contributed by atoms with Crippen LogP contribution in [0.2, 0.25) is 0 Å². The van der Waals surface area contributed by atoms with Crippen LogP contribution in [-0.4, -0.2) is 55.2 Å². The van der Waals surface area contributed by atoms with Gasteiger partial charge >= 0.3 is 0 Å². The molecule has 178 valence electrons. The molecule has 0 radical (unpaired) electrons. The number of carbonyl (C=O) groups is 1. The number of nitrogens with zero attached hydrogens (tertiary/aromatic N) is 3. The molecule has 5 nitrogen and oxygen atoms in total. The number of para-hydroxylation sites is 1. The molecule has 4 aromatic rings. The first-order valence-corrected chi connectivity index (χ1v) is 12.1. The van der Waals surface area contributed by atoms with Gasteiger partial charge in [0.05, 0.1) is 24.3 Å². The van der Waals surface area contributed by atoms with E-state index in [2.05, 4.69) is 22.0 Å². The Hall–Kier alpha value is -2.58. The van der Waals surface area contributed by atoms with Gasteiger partial charge < -0.3 is 4.74 Å². The van der Waals surface area contributed by atoms with E-state index in [1.807, 2.05) is 36.4 Å². The zero-order valence-corrected chi connectivity index (χ0v) is 20.4. The van der Waals surface area contributed by atoms with Crippen LogP contribution < -0.4 is 4.90 Å². The molecule has 1 aliphatic heterocycles. The van der Waals surface area contributed by atoms with Gasteiger partial charge in [0.1, 0.15) is 11.3 Å². The topological polar surface area (TPSA) is 45.7 Å². The zero-order valence-electron chi connectivity index (χ0n) is 18.8. The van der Waals surface area contributed by atoms with Gasteiger partial charge in [0.2, 0.25) is 5.91 Å². The molecule has 0 aliphatic carbocycles.